The number of fused-ring (bicyclic) bond motifs is 1. The Morgan fingerprint density at radius 2 is 2.06 bits per heavy atom. The molecule has 92 valence electrons. The quantitative estimate of drug-likeness (QED) is 0.708. The van der Waals surface area contributed by atoms with E-state index in [0.717, 1.165) is 22.6 Å². The summed E-state index contributed by atoms with van der Waals surface area (Å²) in [6.07, 6.45) is 3.89. The standard InChI is InChI=1S/C13H15N5/c1-8-4-5-18-11(6-8)15-12(13(18)14)10-7-17(3)16-9(10)2/h4-7H,14H2,1-3H3. The third-order valence-electron chi connectivity index (χ3n) is 3.09. The Labute approximate surface area is 105 Å². The first-order chi connectivity index (χ1) is 8.56. The number of anilines is 1. The highest BCUT2D eigenvalue weighted by Gasteiger charge is 2.15. The van der Waals surface area contributed by atoms with Gasteiger partial charge in [0.15, 0.2) is 0 Å². The van der Waals surface area contributed by atoms with Crippen molar-refractivity contribution in [2.45, 2.75) is 13.8 Å². The van der Waals surface area contributed by atoms with Crippen LogP contribution >= 0.6 is 0 Å². The van der Waals surface area contributed by atoms with Crippen LogP contribution in [-0.4, -0.2) is 19.2 Å². The number of nitrogens with two attached hydrogens (primary N) is 1. The third-order valence-corrected chi connectivity index (χ3v) is 3.09. The predicted molar refractivity (Wildman–Crippen MR) is 71.3 cm³/mol. The highest BCUT2D eigenvalue weighted by Crippen LogP contribution is 2.28. The molecule has 3 aromatic rings. The molecule has 18 heavy (non-hydrogen) atoms. The first kappa shape index (κ1) is 10.8. The maximum Gasteiger partial charge on any atom is 0.139 e. The Balaban J connectivity index is 2.30. The van der Waals surface area contributed by atoms with Crippen molar-refractivity contribution in [3.05, 3.63) is 35.8 Å². The molecule has 0 aliphatic carbocycles. The van der Waals surface area contributed by atoms with Gasteiger partial charge in [0.1, 0.15) is 17.2 Å². The van der Waals surface area contributed by atoms with Crippen LogP contribution in [0.4, 0.5) is 5.82 Å². The molecule has 0 bridgehead atoms. The summed E-state index contributed by atoms with van der Waals surface area (Å²) in [6, 6.07) is 4.04. The number of aromatic nitrogens is 4. The lowest BCUT2D eigenvalue weighted by molar-refractivity contribution is 0.756. The first-order valence-corrected chi connectivity index (χ1v) is 5.81. The van der Waals surface area contributed by atoms with E-state index in [-0.39, 0.29) is 0 Å². The lowest BCUT2D eigenvalue weighted by Gasteiger charge is -1.97. The van der Waals surface area contributed by atoms with Crippen LogP contribution in [0.15, 0.2) is 24.5 Å². The van der Waals surface area contributed by atoms with Crippen molar-refractivity contribution < 1.29 is 0 Å². The molecule has 0 aromatic carbocycles. The Hall–Kier alpha value is -2.30. The highest BCUT2D eigenvalue weighted by atomic mass is 15.3. The van der Waals surface area contributed by atoms with E-state index in [0.29, 0.717) is 5.82 Å². The van der Waals surface area contributed by atoms with Crippen molar-refractivity contribution in [1.82, 2.24) is 19.2 Å². The molecule has 0 amide bonds. The molecule has 0 saturated carbocycles. The molecule has 3 heterocycles. The number of nitrogen functional groups attached to an aromatic ring is 1. The number of imidazole rings is 1. The van der Waals surface area contributed by atoms with E-state index >= 15 is 0 Å². The number of hydrogen-bond acceptors (Lipinski definition) is 3. The van der Waals surface area contributed by atoms with Gasteiger partial charge in [0, 0.05) is 25.0 Å². The van der Waals surface area contributed by atoms with Crippen LogP contribution in [0.2, 0.25) is 0 Å². The maximum absolute atomic E-state index is 6.16. The Morgan fingerprint density at radius 1 is 1.28 bits per heavy atom. The smallest absolute Gasteiger partial charge is 0.139 e. The second-order valence-corrected chi connectivity index (χ2v) is 4.58. The molecule has 0 aliphatic rings. The number of hydrogen-bond donors (Lipinski definition) is 1. The van der Waals surface area contributed by atoms with E-state index in [1.165, 1.54) is 5.56 Å². The topological polar surface area (TPSA) is 61.1 Å². The summed E-state index contributed by atoms with van der Waals surface area (Å²) < 4.78 is 3.67. The molecular formula is C13H15N5. The van der Waals surface area contributed by atoms with E-state index in [2.05, 4.69) is 10.1 Å². The molecule has 0 saturated heterocycles. The second-order valence-electron chi connectivity index (χ2n) is 4.58. The minimum absolute atomic E-state index is 0.654. The van der Waals surface area contributed by atoms with Gasteiger partial charge in [0.2, 0.25) is 0 Å². The van der Waals surface area contributed by atoms with Crippen LogP contribution in [-0.2, 0) is 7.05 Å². The van der Waals surface area contributed by atoms with Gasteiger partial charge in [0.25, 0.3) is 0 Å². The van der Waals surface area contributed by atoms with Gasteiger partial charge >= 0.3 is 0 Å². The number of rotatable bonds is 1. The first-order valence-electron chi connectivity index (χ1n) is 5.81. The summed E-state index contributed by atoms with van der Waals surface area (Å²) in [5.74, 6) is 0.654. The van der Waals surface area contributed by atoms with Gasteiger partial charge in [-0.1, -0.05) is 0 Å². The average Bonchev–Trinajstić information content (AvgIpc) is 2.79. The molecule has 0 aliphatic heterocycles. The fourth-order valence-corrected chi connectivity index (χ4v) is 2.20. The largest absolute Gasteiger partial charge is 0.383 e. The third kappa shape index (κ3) is 1.48. The van der Waals surface area contributed by atoms with Crippen LogP contribution in [0, 0.1) is 13.8 Å². The van der Waals surface area contributed by atoms with Gasteiger partial charge < -0.3 is 5.73 Å². The molecule has 0 unspecified atom stereocenters. The molecule has 0 radical (unpaired) electrons. The van der Waals surface area contributed by atoms with Crippen molar-refractivity contribution in [3.8, 4) is 11.3 Å². The molecule has 5 nitrogen and oxygen atoms in total. The summed E-state index contributed by atoms with van der Waals surface area (Å²) in [6.45, 7) is 4.00. The maximum atomic E-state index is 6.16. The second kappa shape index (κ2) is 3.60. The summed E-state index contributed by atoms with van der Waals surface area (Å²) in [7, 11) is 1.90. The molecule has 2 N–H and O–H groups in total. The predicted octanol–water partition coefficient (Wildman–Crippen LogP) is 1.93. The van der Waals surface area contributed by atoms with E-state index in [1.807, 2.05) is 49.8 Å². The molecule has 0 atom stereocenters. The summed E-state index contributed by atoms with van der Waals surface area (Å²) >= 11 is 0. The number of pyridine rings is 1. The Bertz CT molecular complexity index is 735. The highest BCUT2D eigenvalue weighted by molar-refractivity contribution is 5.76. The van der Waals surface area contributed by atoms with Crippen molar-refractivity contribution in [1.29, 1.82) is 0 Å². The zero-order chi connectivity index (χ0) is 12.9. The van der Waals surface area contributed by atoms with Crippen LogP contribution < -0.4 is 5.73 Å². The van der Waals surface area contributed by atoms with E-state index in [1.54, 1.807) is 4.68 Å². The molecule has 3 aromatic heterocycles. The molecule has 0 spiro atoms. The zero-order valence-electron chi connectivity index (χ0n) is 10.7. The monoisotopic (exact) mass is 241 g/mol. The molecule has 0 fully saturated rings. The van der Waals surface area contributed by atoms with Crippen LogP contribution in [0.1, 0.15) is 11.3 Å². The van der Waals surface area contributed by atoms with E-state index < -0.39 is 0 Å². The van der Waals surface area contributed by atoms with Gasteiger partial charge in [-0.25, -0.2) is 4.98 Å². The number of nitrogens with zero attached hydrogens (tertiary/aromatic N) is 4. The van der Waals surface area contributed by atoms with Gasteiger partial charge in [-0.15, -0.1) is 0 Å². The number of aryl methyl sites for hydroxylation is 3. The van der Waals surface area contributed by atoms with Crippen LogP contribution in [0.25, 0.3) is 16.9 Å². The molecule has 5 heteroatoms. The van der Waals surface area contributed by atoms with Crippen LogP contribution in [0.3, 0.4) is 0 Å². The minimum Gasteiger partial charge on any atom is -0.383 e. The summed E-state index contributed by atoms with van der Waals surface area (Å²) in [5, 5.41) is 4.33. The van der Waals surface area contributed by atoms with Gasteiger partial charge in [0.05, 0.1) is 5.69 Å². The molecular weight excluding hydrogens is 226 g/mol. The van der Waals surface area contributed by atoms with Crippen molar-refractivity contribution >= 4 is 11.5 Å². The zero-order valence-corrected chi connectivity index (χ0v) is 10.7. The fraction of sp³-hybridized carbons (Fsp3) is 0.231. The van der Waals surface area contributed by atoms with E-state index in [4.69, 9.17) is 5.73 Å². The Morgan fingerprint density at radius 3 is 2.72 bits per heavy atom. The SMILES string of the molecule is Cc1ccn2c(N)c(-c3cn(C)nc3C)nc2c1. The lowest BCUT2D eigenvalue weighted by Crippen LogP contribution is -1.94. The average molecular weight is 241 g/mol. The van der Waals surface area contributed by atoms with Gasteiger partial charge in [-0.3, -0.25) is 9.08 Å². The van der Waals surface area contributed by atoms with Crippen LogP contribution in [0.5, 0.6) is 0 Å². The Kier molecular flexibility index (Phi) is 2.16. The van der Waals surface area contributed by atoms with Gasteiger partial charge in [-0.05, 0) is 31.5 Å². The van der Waals surface area contributed by atoms with Crippen molar-refractivity contribution in [3.63, 3.8) is 0 Å². The summed E-state index contributed by atoms with van der Waals surface area (Å²) in [5.41, 5.74) is 10.9. The lowest BCUT2D eigenvalue weighted by atomic mass is 10.2. The fourth-order valence-electron chi connectivity index (χ4n) is 2.20. The molecule has 3 rings (SSSR count). The minimum atomic E-state index is 0.654. The van der Waals surface area contributed by atoms with Gasteiger partial charge in [-0.2, -0.15) is 5.10 Å². The van der Waals surface area contributed by atoms with Crippen molar-refractivity contribution in [2.75, 3.05) is 5.73 Å². The summed E-state index contributed by atoms with van der Waals surface area (Å²) in [4.78, 5) is 4.60. The normalized spacial score (nSPS) is 11.3. The van der Waals surface area contributed by atoms with Crippen molar-refractivity contribution in [2.24, 2.45) is 7.05 Å². The van der Waals surface area contributed by atoms with E-state index in [9.17, 15) is 0 Å².